The van der Waals surface area contributed by atoms with Crippen LogP contribution >= 0.6 is 0 Å². The number of benzene rings is 2. The van der Waals surface area contributed by atoms with Gasteiger partial charge in [0, 0.05) is 5.92 Å². The van der Waals surface area contributed by atoms with Crippen LogP contribution < -0.4 is 0 Å². The fourth-order valence-electron chi connectivity index (χ4n) is 3.49. The SMILES string of the molecule is CC(C)[C@H](CC(=O)O)C(=O)OCC1c2ccccc2-c2ccccc21. The number of hydrogen-bond acceptors (Lipinski definition) is 3. The maximum Gasteiger partial charge on any atom is 0.309 e. The minimum absolute atomic E-state index is 0.00556. The fourth-order valence-corrected chi connectivity index (χ4v) is 3.49. The summed E-state index contributed by atoms with van der Waals surface area (Å²) in [7, 11) is 0. The maximum absolute atomic E-state index is 12.4. The summed E-state index contributed by atoms with van der Waals surface area (Å²) in [5.74, 6) is -2.11. The van der Waals surface area contributed by atoms with Crippen LogP contribution in [0.2, 0.25) is 0 Å². The van der Waals surface area contributed by atoms with Crippen molar-refractivity contribution in [2.75, 3.05) is 6.61 Å². The monoisotopic (exact) mass is 338 g/mol. The molecule has 1 atom stereocenters. The number of carbonyl (C=O) groups is 2. The Labute approximate surface area is 147 Å². The summed E-state index contributed by atoms with van der Waals surface area (Å²) in [5.41, 5.74) is 4.64. The molecule has 0 saturated carbocycles. The highest BCUT2D eigenvalue weighted by Gasteiger charge is 2.31. The van der Waals surface area contributed by atoms with E-state index in [1.165, 1.54) is 11.1 Å². The smallest absolute Gasteiger partial charge is 0.309 e. The van der Waals surface area contributed by atoms with Crippen molar-refractivity contribution in [2.24, 2.45) is 11.8 Å². The number of hydrogen-bond donors (Lipinski definition) is 1. The molecule has 25 heavy (non-hydrogen) atoms. The quantitative estimate of drug-likeness (QED) is 0.806. The molecule has 130 valence electrons. The first-order valence-electron chi connectivity index (χ1n) is 8.55. The van der Waals surface area contributed by atoms with Gasteiger partial charge in [0.05, 0.1) is 12.3 Å². The van der Waals surface area contributed by atoms with E-state index >= 15 is 0 Å². The van der Waals surface area contributed by atoms with Crippen LogP contribution in [-0.2, 0) is 14.3 Å². The third-order valence-corrected chi connectivity index (χ3v) is 4.86. The highest BCUT2D eigenvalue weighted by atomic mass is 16.5. The number of fused-ring (bicyclic) bond motifs is 3. The lowest BCUT2D eigenvalue weighted by Gasteiger charge is -2.20. The van der Waals surface area contributed by atoms with Crippen LogP contribution in [0.3, 0.4) is 0 Å². The first-order chi connectivity index (χ1) is 12.0. The lowest BCUT2D eigenvalue weighted by atomic mass is 9.92. The Morgan fingerprint density at radius 2 is 1.52 bits per heavy atom. The maximum atomic E-state index is 12.4. The largest absolute Gasteiger partial charge is 0.481 e. The van der Waals surface area contributed by atoms with Gasteiger partial charge in [0.1, 0.15) is 6.61 Å². The molecule has 0 radical (unpaired) electrons. The van der Waals surface area contributed by atoms with Gasteiger partial charge in [-0.3, -0.25) is 9.59 Å². The number of esters is 1. The van der Waals surface area contributed by atoms with Crippen molar-refractivity contribution in [1.82, 2.24) is 0 Å². The molecule has 0 bridgehead atoms. The average Bonchev–Trinajstić information content (AvgIpc) is 2.91. The van der Waals surface area contributed by atoms with Crippen molar-refractivity contribution in [3.05, 3.63) is 59.7 Å². The van der Waals surface area contributed by atoms with Crippen molar-refractivity contribution in [2.45, 2.75) is 26.2 Å². The molecule has 1 aliphatic rings. The van der Waals surface area contributed by atoms with E-state index in [1.54, 1.807) is 0 Å². The van der Waals surface area contributed by atoms with Gasteiger partial charge < -0.3 is 9.84 Å². The highest BCUT2D eigenvalue weighted by molar-refractivity contribution is 5.81. The third-order valence-electron chi connectivity index (χ3n) is 4.86. The molecule has 0 spiro atoms. The molecular weight excluding hydrogens is 316 g/mol. The van der Waals surface area contributed by atoms with Gasteiger partial charge in [0.2, 0.25) is 0 Å². The van der Waals surface area contributed by atoms with Gasteiger partial charge in [-0.05, 0) is 28.2 Å². The molecule has 0 saturated heterocycles. The average molecular weight is 338 g/mol. The fraction of sp³-hybridized carbons (Fsp3) is 0.333. The molecule has 4 nitrogen and oxygen atoms in total. The molecule has 0 aliphatic heterocycles. The van der Waals surface area contributed by atoms with Crippen LogP contribution in [0, 0.1) is 11.8 Å². The van der Waals surface area contributed by atoms with Gasteiger partial charge in [0.25, 0.3) is 0 Å². The molecule has 1 aliphatic carbocycles. The highest BCUT2D eigenvalue weighted by Crippen LogP contribution is 2.44. The number of carbonyl (C=O) groups excluding carboxylic acids is 1. The molecule has 1 N–H and O–H groups in total. The van der Waals surface area contributed by atoms with Crippen molar-refractivity contribution in [3.63, 3.8) is 0 Å². The summed E-state index contributed by atoms with van der Waals surface area (Å²) >= 11 is 0. The van der Waals surface area contributed by atoms with Crippen molar-refractivity contribution in [3.8, 4) is 11.1 Å². The van der Waals surface area contributed by atoms with E-state index in [-0.39, 0.29) is 24.9 Å². The van der Waals surface area contributed by atoms with Gasteiger partial charge in [-0.2, -0.15) is 0 Å². The Bertz CT molecular complexity index is 748. The van der Waals surface area contributed by atoms with Gasteiger partial charge in [-0.1, -0.05) is 62.4 Å². The summed E-state index contributed by atoms with van der Waals surface area (Å²) in [6, 6.07) is 16.3. The number of rotatable bonds is 6. The normalized spacial score (nSPS) is 14.0. The van der Waals surface area contributed by atoms with Crippen LogP contribution in [-0.4, -0.2) is 23.7 Å². The van der Waals surface area contributed by atoms with Gasteiger partial charge in [-0.15, -0.1) is 0 Å². The zero-order valence-electron chi connectivity index (χ0n) is 14.4. The van der Waals surface area contributed by atoms with Crippen LogP contribution in [0.4, 0.5) is 0 Å². The van der Waals surface area contributed by atoms with Crippen molar-refractivity contribution < 1.29 is 19.4 Å². The summed E-state index contributed by atoms with van der Waals surface area (Å²) in [5, 5.41) is 9.01. The predicted molar refractivity (Wildman–Crippen MR) is 95.3 cm³/mol. The second kappa shape index (κ2) is 7.09. The standard InChI is InChI=1S/C21H22O4/c1-13(2)18(11-20(22)23)21(24)25-12-19-16-9-5-3-7-14(16)15-8-4-6-10-17(15)19/h3-10,13,18-19H,11-12H2,1-2H3,(H,22,23)/t18-/m0/s1. The summed E-state index contributed by atoms with van der Waals surface area (Å²) in [6.07, 6.45) is -0.200. The van der Waals surface area contributed by atoms with E-state index in [0.717, 1.165) is 11.1 Å². The minimum Gasteiger partial charge on any atom is -0.481 e. The van der Waals surface area contributed by atoms with Crippen LogP contribution in [0.15, 0.2) is 48.5 Å². The number of carboxylic acids is 1. The van der Waals surface area contributed by atoms with E-state index in [1.807, 2.05) is 38.1 Å². The molecule has 0 heterocycles. The molecule has 2 aromatic rings. The number of aliphatic carboxylic acids is 1. The molecule has 0 aromatic heterocycles. The third kappa shape index (κ3) is 3.43. The molecule has 0 fully saturated rings. The first kappa shape index (κ1) is 17.2. The van der Waals surface area contributed by atoms with Crippen molar-refractivity contribution in [1.29, 1.82) is 0 Å². The van der Waals surface area contributed by atoms with E-state index in [9.17, 15) is 9.59 Å². The van der Waals surface area contributed by atoms with Crippen LogP contribution in [0.5, 0.6) is 0 Å². The van der Waals surface area contributed by atoms with Crippen LogP contribution in [0.25, 0.3) is 11.1 Å². The van der Waals surface area contributed by atoms with E-state index in [2.05, 4.69) is 24.3 Å². The van der Waals surface area contributed by atoms with E-state index in [4.69, 9.17) is 9.84 Å². The summed E-state index contributed by atoms with van der Waals surface area (Å²) in [4.78, 5) is 23.4. The summed E-state index contributed by atoms with van der Waals surface area (Å²) < 4.78 is 5.56. The zero-order chi connectivity index (χ0) is 18.0. The molecule has 2 aromatic carbocycles. The molecule has 3 rings (SSSR count). The van der Waals surface area contributed by atoms with Gasteiger partial charge in [0.15, 0.2) is 0 Å². The lowest BCUT2D eigenvalue weighted by Crippen LogP contribution is -2.27. The second-order valence-electron chi connectivity index (χ2n) is 6.81. The predicted octanol–water partition coefficient (Wildman–Crippen LogP) is 4.09. The Kier molecular flexibility index (Phi) is 4.88. The molecule has 0 unspecified atom stereocenters. The minimum atomic E-state index is -0.979. The van der Waals surface area contributed by atoms with E-state index < -0.39 is 17.9 Å². The zero-order valence-corrected chi connectivity index (χ0v) is 14.4. The van der Waals surface area contributed by atoms with Crippen molar-refractivity contribution >= 4 is 11.9 Å². The Morgan fingerprint density at radius 3 is 2.00 bits per heavy atom. The van der Waals surface area contributed by atoms with Gasteiger partial charge in [-0.25, -0.2) is 0 Å². The van der Waals surface area contributed by atoms with Gasteiger partial charge >= 0.3 is 11.9 Å². The first-order valence-corrected chi connectivity index (χ1v) is 8.55. The number of ether oxygens (including phenoxy) is 1. The topological polar surface area (TPSA) is 63.6 Å². The Hall–Kier alpha value is -2.62. The molecule has 0 amide bonds. The summed E-state index contributed by atoms with van der Waals surface area (Å²) in [6.45, 7) is 3.92. The Morgan fingerprint density at radius 1 is 1.00 bits per heavy atom. The second-order valence-corrected chi connectivity index (χ2v) is 6.81. The molecule has 4 heteroatoms. The molecular formula is C21H22O4. The van der Waals surface area contributed by atoms with Crippen LogP contribution in [0.1, 0.15) is 37.3 Å². The lowest BCUT2D eigenvalue weighted by molar-refractivity contribution is -0.155. The van der Waals surface area contributed by atoms with E-state index in [0.29, 0.717) is 0 Å². The Balaban J connectivity index is 1.79. The number of carboxylic acid groups (broad SMARTS) is 1.